The molecule has 1 aromatic heterocycles. The van der Waals surface area contributed by atoms with Crippen LogP contribution in [0.25, 0.3) is 0 Å². The van der Waals surface area contributed by atoms with Crippen LogP contribution in [0.3, 0.4) is 0 Å². The van der Waals surface area contributed by atoms with Crippen LogP contribution in [0.5, 0.6) is 0 Å². The number of rotatable bonds is 3. The monoisotopic (exact) mass is 230 g/mol. The van der Waals surface area contributed by atoms with Crippen LogP contribution in [0.15, 0.2) is 24.4 Å². The molecular weight excluding hydrogens is 212 g/mol. The third-order valence-corrected chi connectivity index (χ3v) is 3.10. The van der Waals surface area contributed by atoms with Gasteiger partial charge < -0.3 is 11.1 Å². The molecule has 0 aliphatic heterocycles. The minimum atomic E-state index is 0.766. The van der Waals surface area contributed by atoms with E-state index in [1.807, 2.05) is 43.0 Å². The van der Waals surface area contributed by atoms with Gasteiger partial charge in [-0.05, 0) is 31.5 Å². The van der Waals surface area contributed by atoms with Gasteiger partial charge in [0.05, 0.1) is 6.20 Å². The molecule has 0 aliphatic carbocycles. The summed E-state index contributed by atoms with van der Waals surface area (Å²) in [7, 11) is 1.95. The van der Waals surface area contributed by atoms with Crippen LogP contribution < -0.4 is 11.1 Å². The Morgan fingerprint density at radius 3 is 2.71 bits per heavy atom. The lowest BCUT2D eigenvalue weighted by atomic mass is 10.2. The number of nitrogens with two attached hydrogens (primary N) is 1. The van der Waals surface area contributed by atoms with Gasteiger partial charge in [-0.3, -0.25) is 4.68 Å². The number of nitrogens with one attached hydrogen (secondary N) is 1. The maximum Gasteiger partial charge on any atom is 0.0542 e. The SMILES string of the molecule is Cc1ccc(NCc2cnn(C)c2C)cc1N. The molecule has 17 heavy (non-hydrogen) atoms. The van der Waals surface area contributed by atoms with Crippen LogP contribution in [0.2, 0.25) is 0 Å². The van der Waals surface area contributed by atoms with Crippen molar-refractivity contribution < 1.29 is 0 Å². The first-order valence-electron chi connectivity index (χ1n) is 5.65. The molecule has 0 radical (unpaired) electrons. The average Bonchev–Trinajstić information content (AvgIpc) is 2.62. The summed E-state index contributed by atoms with van der Waals surface area (Å²) in [6, 6.07) is 6.02. The molecule has 0 unspecified atom stereocenters. The minimum Gasteiger partial charge on any atom is -0.398 e. The topological polar surface area (TPSA) is 55.9 Å². The fraction of sp³-hybridized carbons (Fsp3) is 0.308. The van der Waals surface area contributed by atoms with E-state index < -0.39 is 0 Å². The Bertz CT molecular complexity index is 528. The highest BCUT2D eigenvalue weighted by Gasteiger charge is 2.03. The van der Waals surface area contributed by atoms with E-state index in [0.29, 0.717) is 0 Å². The number of nitrogens with zero attached hydrogens (tertiary/aromatic N) is 2. The minimum absolute atomic E-state index is 0.766. The molecular formula is C13H18N4. The second-order valence-corrected chi connectivity index (χ2v) is 4.30. The van der Waals surface area contributed by atoms with E-state index in [0.717, 1.165) is 23.5 Å². The molecule has 0 aliphatic rings. The second kappa shape index (κ2) is 4.49. The Balaban J connectivity index is 2.07. The number of aromatic nitrogens is 2. The molecule has 1 aromatic carbocycles. The maximum absolute atomic E-state index is 5.87. The molecule has 0 atom stereocenters. The zero-order chi connectivity index (χ0) is 12.4. The third kappa shape index (κ3) is 2.41. The van der Waals surface area contributed by atoms with Gasteiger partial charge in [0.15, 0.2) is 0 Å². The highest BCUT2D eigenvalue weighted by molar-refractivity contribution is 5.58. The molecule has 1 heterocycles. The lowest BCUT2D eigenvalue weighted by molar-refractivity contribution is 0.738. The second-order valence-electron chi connectivity index (χ2n) is 4.30. The van der Waals surface area contributed by atoms with Crippen LogP contribution >= 0.6 is 0 Å². The van der Waals surface area contributed by atoms with E-state index in [9.17, 15) is 0 Å². The van der Waals surface area contributed by atoms with Gasteiger partial charge in [0.1, 0.15) is 0 Å². The summed E-state index contributed by atoms with van der Waals surface area (Å²) in [5, 5.41) is 7.56. The molecule has 0 spiro atoms. The van der Waals surface area contributed by atoms with Crippen molar-refractivity contribution in [1.82, 2.24) is 9.78 Å². The smallest absolute Gasteiger partial charge is 0.0542 e. The summed E-state index contributed by atoms with van der Waals surface area (Å²) in [4.78, 5) is 0. The molecule has 4 nitrogen and oxygen atoms in total. The van der Waals surface area contributed by atoms with Crippen molar-refractivity contribution in [2.75, 3.05) is 11.1 Å². The van der Waals surface area contributed by atoms with E-state index in [4.69, 9.17) is 5.73 Å². The number of hydrogen-bond acceptors (Lipinski definition) is 3. The fourth-order valence-corrected chi connectivity index (χ4v) is 1.67. The number of anilines is 2. The number of aryl methyl sites for hydroxylation is 2. The van der Waals surface area contributed by atoms with Crippen molar-refractivity contribution in [2.45, 2.75) is 20.4 Å². The van der Waals surface area contributed by atoms with Crippen molar-refractivity contribution in [1.29, 1.82) is 0 Å². The average molecular weight is 230 g/mol. The Morgan fingerprint density at radius 1 is 1.35 bits per heavy atom. The first-order valence-corrected chi connectivity index (χ1v) is 5.65. The molecule has 4 heteroatoms. The molecule has 2 aromatic rings. The van der Waals surface area contributed by atoms with E-state index >= 15 is 0 Å². The predicted octanol–water partition coefficient (Wildman–Crippen LogP) is 2.23. The highest BCUT2D eigenvalue weighted by Crippen LogP contribution is 2.18. The van der Waals surface area contributed by atoms with Gasteiger partial charge in [-0.25, -0.2) is 0 Å². The van der Waals surface area contributed by atoms with Crippen LogP contribution in [0, 0.1) is 13.8 Å². The maximum atomic E-state index is 5.87. The molecule has 0 saturated heterocycles. The van der Waals surface area contributed by atoms with Gasteiger partial charge >= 0.3 is 0 Å². The van der Waals surface area contributed by atoms with Crippen molar-refractivity contribution in [3.63, 3.8) is 0 Å². The standard InChI is InChI=1S/C13H18N4/c1-9-4-5-12(6-13(9)14)15-7-11-8-16-17(3)10(11)2/h4-6,8,15H,7,14H2,1-3H3. The number of benzene rings is 1. The summed E-state index contributed by atoms with van der Waals surface area (Å²) >= 11 is 0. The summed E-state index contributed by atoms with van der Waals surface area (Å²) in [6.45, 7) is 4.83. The first kappa shape index (κ1) is 11.5. The van der Waals surface area contributed by atoms with E-state index in [1.165, 1.54) is 11.3 Å². The molecule has 2 rings (SSSR count). The highest BCUT2D eigenvalue weighted by atomic mass is 15.3. The molecule has 3 N–H and O–H groups in total. The Kier molecular flexibility index (Phi) is 3.04. The Morgan fingerprint density at radius 2 is 2.12 bits per heavy atom. The van der Waals surface area contributed by atoms with Gasteiger partial charge in [0.25, 0.3) is 0 Å². The number of hydrogen-bond donors (Lipinski definition) is 2. The van der Waals surface area contributed by atoms with Crippen molar-refractivity contribution >= 4 is 11.4 Å². The molecule has 0 amide bonds. The normalized spacial score (nSPS) is 10.5. The van der Waals surface area contributed by atoms with Crippen LogP contribution in [0.1, 0.15) is 16.8 Å². The van der Waals surface area contributed by atoms with Gasteiger partial charge in [0.2, 0.25) is 0 Å². The fourth-order valence-electron chi connectivity index (χ4n) is 1.67. The molecule has 0 saturated carbocycles. The molecule has 90 valence electrons. The summed E-state index contributed by atoms with van der Waals surface area (Å²) in [5.41, 5.74) is 11.2. The predicted molar refractivity (Wildman–Crippen MR) is 70.9 cm³/mol. The van der Waals surface area contributed by atoms with Crippen LogP contribution in [0.4, 0.5) is 11.4 Å². The lowest BCUT2D eigenvalue weighted by Gasteiger charge is -2.08. The van der Waals surface area contributed by atoms with E-state index in [-0.39, 0.29) is 0 Å². The largest absolute Gasteiger partial charge is 0.398 e. The van der Waals surface area contributed by atoms with Crippen LogP contribution in [-0.4, -0.2) is 9.78 Å². The third-order valence-electron chi connectivity index (χ3n) is 3.10. The zero-order valence-electron chi connectivity index (χ0n) is 10.5. The molecule has 0 bridgehead atoms. The summed E-state index contributed by atoms with van der Waals surface area (Å²) in [5.74, 6) is 0. The molecule has 0 fully saturated rings. The van der Waals surface area contributed by atoms with E-state index in [2.05, 4.69) is 17.3 Å². The summed E-state index contributed by atoms with van der Waals surface area (Å²) < 4.78 is 1.88. The quantitative estimate of drug-likeness (QED) is 0.795. The van der Waals surface area contributed by atoms with Gasteiger partial charge in [-0.2, -0.15) is 5.10 Å². The van der Waals surface area contributed by atoms with Gasteiger partial charge in [0, 0.05) is 36.2 Å². The lowest BCUT2D eigenvalue weighted by Crippen LogP contribution is -2.02. The summed E-state index contributed by atoms with van der Waals surface area (Å²) in [6.07, 6.45) is 1.89. The Hall–Kier alpha value is -1.97. The zero-order valence-corrected chi connectivity index (χ0v) is 10.5. The van der Waals surface area contributed by atoms with Crippen molar-refractivity contribution in [2.24, 2.45) is 7.05 Å². The van der Waals surface area contributed by atoms with Crippen molar-refractivity contribution in [3.05, 3.63) is 41.2 Å². The number of nitrogen functional groups attached to an aromatic ring is 1. The van der Waals surface area contributed by atoms with Gasteiger partial charge in [-0.15, -0.1) is 0 Å². The first-order chi connectivity index (χ1) is 8.08. The van der Waals surface area contributed by atoms with E-state index in [1.54, 1.807) is 0 Å². The van der Waals surface area contributed by atoms with Crippen molar-refractivity contribution in [3.8, 4) is 0 Å². The Labute approximate surface area is 101 Å². The van der Waals surface area contributed by atoms with Gasteiger partial charge in [-0.1, -0.05) is 6.07 Å². The van der Waals surface area contributed by atoms with Crippen LogP contribution in [-0.2, 0) is 13.6 Å².